The van der Waals surface area contributed by atoms with Crippen molar-refractivity contribution in [3.05, 3.63) is 64.0 Å². The average Bonchev–Trinajstić information content (AvgIpc) is 2.85. The molecule has 0 amide bonds. The zero-order valence-electron chi connectivity index (χ0n) is 18.5. The van der Waals surface area contributed by atoms with Crippen molar-refractivity contribution in [2.24, 2.45) is 0 Å². The van der Waals surface area contributed by atoms with Crippen LogP contribution in [-0.4, -0.2) is 53.2 Å². The van der Waals surface area contributed by atoms with E-state index in [1.165, 1.54) is 12.1 Å². The number of aromatic nitrogens is 3. The Morgan fingerprint density at radius 3 is 2.67 bits per heavy atom. The molecule has 0 atom stereocenters. The molecule has 0 aliphatic carbocycles. The van der Waals surface area contributed by atoms with Crippen LogP contribution in [0.2, 0.25) is 0 Å². The van der Waals surface area contributed by atoms with Crippen LogP contribution < -0.4 is 20.9 Å². The van der Waals surface area contributed by atoms with Crippen LogP contribution in [0.1, 0.15) is 11.1 Å². The summed E-state index contributed by atoms with van der Waals surface area (Å²) in [5.74, 6) is 2.01. The van der Waals surface area contributed by atoms with Crippen LogP contribution in [0.15, 0.2) is 42.7 Å². The normalized spacial score (nSPS) is 13.5. The zero-order valence-corrected chi connectivity index (χ0v) is 18.5. The summed E-state index contributed by atoms with van der Waals surface area (Å²) in [6, 6.07) is 8.65. The molecule has 3 aromatic rings. The number of non-ortho nitro benzene ring substituents is 1. The molecule has 3 N–H and O–H groups in total. The molecule has 4 rings (SSSR count). The van der Waals surface area contributed by atoms with E-state index in [2.05, 4.69) is 35.8 Å². The Morgan fingerprint density at radius 2 is 1.97 bits per heavy atom. The molecule has 0 saturated carbocycles. The first-order chi connectivity index (χ1) is 16.0. The lowest BCUT2D eigenvalue weighted by atomic mass is 10.1. The van der Waals surface area contributed by atoms with Gasteiger partial charge < -0.3 is 25.6 Å². The summed E-state index contributed by atoms with van der Waals surface area (Å²) in [4.78, 5) is 26.3. The molecule has 1 fully saturated rings. The molecular formula is C22H26N8O3. The van der Waals surface area contributed by atoms with E-state index in [4.69, 9.17) is 4.74 Å². The van der Waals surface area contributed by atoms with Gasteiger partial charge in [0.25, 0.3) is 5.69 Å². The minimum absolute atomic E-state index is 0.0426. The molecule has 0 unspecified atom stereocenters. The molecule has 1 saturated heterocycles. The number of morpholine rings is 1. The standard InChI is InChI=1S/C22H26N8O3/c1-15-3-5-18(30(31)32)11-19(15)24-12-16-13-26-22(28-21(16)23-2)27-17-4-6-20(25-14-17)29-7-9-33-10-8-29/h3-6,11,13-14,24H,7-10,12H2,1-2H3,(H2,23,26,27,28). The van der Waals surface area contributed by atoms with Gasteiger partial charge in [-0.15, -0.1) is 0 Å². The number of benzene rings is 1. The first-order valence-corrected chi connectivity index (χ1v) is 10.6. The minimum Gasteiger partial charge on any atom is -0.380 e. The number of aryl methyl sites for hydroxylation is 1. The molecule has 33 heavy (non-hydrogen) atoms. The number of pyridine rings is 1. The van der Waals surface area contributed by atoms with Crippen LogP contribution >= 0.6 is 0 Å². The Labute approximate surface area is 191 Å². The topological polar surface area (TPSA) is 130 Å². The van der Waals surface area contributed by atoms with E-state index < -0.39 is 4.92 Å². The molecule has 1 aliphatic rings. The van der Waals surface area contributed by atoms with Crippen molar-refractivity contribution in [3.63, 3.8) is 0 Å². The SMILES string of the molecule is CNc1nc(Nc2ccc(N3CCOCC3)nc2)ncc1CNc1cc([N+](=O)[O-])ccc1C. The quantitative estimate of drug-likeness (QED) is 0.347. The maximum absolute atomic E-state index is 11.1. The Kier molecular flexibility index (Phi) is 6.79. The Bertz CT molecular complexity index is 1120. The lowest BCUT2D eigenvalue weighted by Crippen LogP contribution is -2.36. The van der Waals surface area contributed by atoms with E-state index in [0.29, 0.717) is 37.2 Å². The molecular weight excluding hydrogens is 424 g/mol. The van der Waals surface area contributed by atoms with Gasteiger partial charge in [-0.3, -0.25) is 10.1 Å². The highest BCUT2D eigenvalue weighted by atomic mass is 16.6. The van der Waals surface area contributed by atoms with Gasteiger partial charge in [0.1, 0.15) is 11.6 Å². The van der Waals surface area contributed by atoms with Crippen molar-refractivity contribution < 1.29 is 9.66 Å². The zero-order chi connectivity index (χ0) is 23.2. The highest BCUT2D eigenvalue weighted by Crippen LogP contribution is 2.24. The second kappa shape index (κ2) is 10.1. The van der Waals surface area contributed by atoms with E-state index in [0.717, 1.165) is 35.7 Å². The summed E-state index contributed by atoms with van der Waals surface area (Å²) in [7, 11) is 1.78. The number of nitro groups is 1. The van der Waals surface area contributed by atoms with E-state index in [-0.39, 0.29) is 5.69 Å². The number of nitrogens with one attached hydrogen (secondary N) is 3. The summed E-state index contributed by atoms with van der Waals surface area (Å²) in [5, 5.41) is 20.5. The first-order valence-electron chi connectivity index (χ1n) is 10.6. The van der Waals surface area contributed by atoms with E-state index in [9.17, 15) is 10.1 Å². The van der Waals surface area contributed by atoms with Gasteiger partial charge in [0, 0.05) is 56.3 Å². The van der Waals surface area contributed by atoms with Gasteiger partial charge in [-0.1, -0.05) is 6.07 Å². The second-order valence-electron chi connectivity index (χ2n) is 7.56. The predicted octanol–water partition coefficient (Wildman–Crippen LogP) is 3.32. The van der Waals surface area contributed by atoms with Crippen molar-refractivity contribution >= 4 is 34.6 Å². The average molecular weight is 451 g/mol. The smallest absolute Gasteiger partial charge is 0.271 e. The lowest BCUT2D eigenvalue weighted by molar-refractivity contribution is -0.384. The third-order valence-corrected chi connectivity index (χ3v) is 5.34. The molecule has 2 aromatic heterocycles. The van der Waals surface area contributed by atoms with E-state index >= 15 is 0 Å². The van der Waals surface area contributed by atoms with Crippen LogP contribution in [0.25, 0.3) is 0 Å². The third kappa shape index (κ3) is 5.44. The number of anilines is 5. The van der Waals surface area contributed by atoms with Gasteiger partial charge in [-0.05, 0) is 24.6 Å². The summed E-state index contributed by atoms with van der Waals surface area (Å²) in [6.45, 7) is 5.40. The Hall–Kier alpha value is -3.99. The van der Waals surface area contributed by atoms with Crippen molar-refractivity contribution in [1.82, 2.24) is 15.0 Å². The number of ether oxygens (including phenoxy) is 1. The van der Waals surface area contributed by atoms with Crippen LogP contribution in [0.3, 0.4) is 0 Å². The summed E-state index contributed by atoms with van der Waals surface area (Å²) in [6.07, 6.45) is 3.48. The number of hydrogen-bond acceptors (Lipinski definition) is 10. The molecule has 0 spiro atoms. The van der Waals surface area contributed by atoms with E-state index in [1.807, 2.05) is 19.1 Å². The molecule has 1 aromatic carbocycles. The first kappa shape index (κ1) is 22.2. The fraction of sp³-hybridized carbons (Fsp3) is 0.318. The lowest BCUT2D eigenvalue weighted by Gasteiger charge is -2.27. The third-order valence-electron chi connectivity index (χ3n) is 5.34. The fourth-order valence-corrected chi connectivity index (χ4v) is 3.49. The molecule has 1 aliphatic heterocycles. The van der Waals surface area contributed by atoms with Gasteiger partial charge in [0.2, 0.25) is 5.95 Å². The molecule has 11 heteroatoms. The molecule has 0 radical (unpaired) electrons. The van der Waals surface area contributed by atoms with Gasteiger partial charge in [0.15, 0.2) is 0 Å². The largest absolute Gasteiger partial charge is 0.380 e. The molecule has 0 bridgehead atoms. The van der Waals surface area contributed by atoms with Crippen molar-refractivity contribution in [3.8, 4) is 0 Å². The highest BCUT2D eigenvalue weighted by molar-refractivity contribution is 5.60. The van der Waals surface area contributed by atoms with Gasteiger partial charge in [0.05, 0.1) is 30.0 Å². The second-order valence-corrected chi connectivity index (χ2v) is 7.56. The van der Waals surface area contributed by atoms with Crippen LogP contribution in [0.4, 0.5) is 34.6 Å². The number of hydrogen-bond donors (Lipinski definition) is 3. The summed E-state index contributed by atoms with van der Waals surface area (Å²) < 4.78 is 5.38. The van der Waals surface area contributed by atoms with E-state index in [1.54, 1.807) is 25.5 Å². The fourth-order valence-electron chi connectivity index (χ4n) is 3.49. The highest BCUT2D eigenvalue weighted by Gasteiger charge is 2.13. The van der Waals surface area contributed by atoms with Gasteiger partial charge in [-0.2, -0.15) is 4.98 Å². The van der Waals surface area contributed by atoms with Gasteiger partial charge in [-0.25, -0.2) is 9.97 Å². The number of nitrogens with zero attached hydrogens (tertiary/aromatic N) is 5. The predicted molar refractivity (Wildman–Crippen MR) is 127 cm³/mol. The number of nitro benzene ring substituents is 1. The van der Waals surface area contributed by atoms with Crippen LogP contribution in [-0.2, 0) is 11.3 Å². The molecule has 3 heterocycles. The molecule has 172 valence electrons. The Morgan fingerprint density at radius 1 is 1.15 bits per heavy atom. The van der Waals surface area contributed by atoms with Crippen molar-refractivity contribution in [2.75, 3.05) is 54.2 Å². The monoisotopic (exact) mass is 450 g/mol. The van der Waals surface area contributed by atoms with Crippen LogP contribution in [0.5, 0.6) is 0 Å². The van der Waals surface area contributed by atoms with Gasteiger partial charge >= 0.3 is 0 Å². The summed E-state index contributed by atoms with van der Waals surface area (Å²) >= 11 is 0. The maximum Gasteiger partial charge on any atom is 0.271 e. The minimum atomic E-state index is -0.407. The molecule has 11 nitrogen and oxygen atoms in total. The number of rotatable bonds is 8. The van der Waals surface area contributed by atoms with Crippen molar-refractivity contribution in [2.45, 2.75) is 13.5 Å². The van der Waals surface area contributed by atoms with Crippen molar-refractivity contribution in [1.29, 1.82) is 0 Å². The maximum atomic E-state index is 11.1. The summed E-state index contributed by atoms with van der Waals surface area (Å²) in [5.41, 5.74) is 3.27. The Balaban J connectivity index is 1.42. The van der Waals surface area contributed by atoms with Crippen LogP contribution in [0, 0.1) is 17.0 Å².